The molecule has 1 aromatic carbocycles. The summed E-state index contributed by atoms with van der Waals surface area (Å²) in [7, 11) is 1.91. The molecule has 1 fully saturated rings. The highest BCUT2D eigenvalue weighted by molar-refractivity contribution is 5.72. The van der Waals surface area contributed by atoms with Gasteiger partial charge in [0.2, 0.25) is 11.9 Å². The zero-order valence-corrected chi connectivity index (χ0v) is 20.9. The average molecular weight is 506 g/mol. The van der Waals surface area contributed by atoms with Crippen LogP contribution >= 0.6 is 0 Å². The van der Waals surface area contributed by atoms with Gasteiger partial charge in [-0.25, -0.2) is 9.38 Å². The molecule has 194 valence electrons. The van der Waals surface area contributed by atoms with Gasteiger partial charge in [0.15, 0.2) is 5.82 Å². The molecule has 0 aliphatic carbocycles. The van der Waals surface area contributed by atoms with E-state index in [-0.39, 0.29) is 11.9 Å². The Morgan fingerprint density at radius 1 is 1.17 bits per heavy atom. The van der Waals surface area contributed by atoms with Crippen molar-refractivity contribution in [2.24, 2.45) is 4.99 Å². The maximum atomic E-state index is 13.8. The second kappa shape index (κ2) is 11.5. The first-order valence-corrected chi connectivity index (χ1v) is 11.6. The molecular formula is C25H31F4N7. The van der Waals surface area contributed by atoms with Crippen LogP contribution in [0.3, 0.4) is 0 Å². The van der Waals surface area contributed by atoms with Crippen LogP contribution in [0.1, 0.15) is 25.8 Å². The number of aliphatic imine (C=N–C) groups is 1. The standard InChI is InChI=1S/C25H31F4N7/c1-17(2)34(5)23-31-22(20-8-9-21(26)18(3)16-20)32-24(33-23)36-14-12-35(13-15-36)19(4)30-11-7-6-10-25(27,28)29/h6-9,11,16-17H,4,10,12-15H2,1-3,5H3/b7-6-,30-11-. The molecule has 1 aliphatic heterocycles. The molecule has 2 heterocycles. The number of aryl methyl sites for hydroxylation is 1. The Morgan fingerprint density at radius 2 is 1.86 bits per heavy atom. The lowest BCUT2D eigenvalue weighted by atomic mass is 10.1. The largest absolute Gasteiger partial charge is 0.392 e. The van der Waals surface area contributed by atoms with Gasteiger partial charge >= 0.3 is 6.18 Å². The number of alkyl halides is 3. The number of halogens is 4. The van der Waals surface area contributed by atoms with Gasteiger partial charge in [0.25, 0.3) is 0 Å². The third kappa shape index (κ3) is 7.25. The molecule has 1 saturated heterocycles. The number of hydrogen-bond acceptors (Lipinski definition) is 7. The number of hydrogen-bond donors (Lipinski definition) is 0. The van der Waals surface area contributed by atoms with Crippen molar-refractivity contribution < 1.29 is 17.6 Å². The molecule has 1 aromatic heterocycles. The zero-order valence-electron chi connectivity index (χ0n) is 20.9. The molecule has 0 radical (unpaired) electrons. The van der Waals surface area contributed by atoms with Crippen LogP contribution in [0.5, 0.6) is 0 Å². The monoisotopic (exact) mass is 505 g/mol. The Bertz CT molecular complexity index is 1120. The summed E-state index contributed by atoms with van der Waals surface area (Å²) in [6.45, 7) is 12.1. The van der Waals surface area contributed by atoms with Gasteiger partial charge in [-0.15, -0.1) is 0 Å². The lowest BCUT2D eigenvalue weighted by Crippen LogP contribution is -2.46. The van der Waals surface area contributed by atoms with E-state index in [4.69, 9.17) is 0 Å². The second-order valence-corrected chi connectivity index (χ2v) is 8.84. The first kappa shape index (κ1) is 27.1. The zero-order chi connectivity index (χ0) is 26.5. The summed E-state index contributed by atoms with van der Waals surface area (Å²) in [5.41, 5.74) is 1.21. The summed E-state index contributed by atoms with van der Waals surface area (Å²) in [4.78, 5) is 24.1. The molecule has 0 bridgehead atoms. The quantitative estimate of drug-likeness (QED) is 0.372. The van der Waals surface area contributed by atoms with E-state index < -0.39 is 12.6 Å². The van der Waals surface area contributed by atoms with Crippen LogP contribution in [-0.2, 0) is 0 Å². The van der Waals surface area contributed by atoms with Crippen LogP contribution in [0.2, 0.25) is 0 Å². The molecule has 0 N–H and O–H groups in total. The summed E-state index contributed by atoms with van der Waals surface area (Å²) in [6, 6.07) is 4.94. The van der Waals surface area contributed by atoms with E-state index in [1.165, 1.54) is 18.4 Å². The molecule has 1 aliphatic rings. The summed E-state index contributed by atoms with van der Waals surface area (Å²) in [6.07, 6.45) is -1.63. The fraction of sp³-hybridized carbons (Fsp3) is 0.440. The number of rotatable bonds is 8. The van der Waals surface area contributed by atoms with Crippen LogP contribution in [-0.4, -0.2) is 71.5 Å². The van der Waals surface area contributed by atoms with E-state index >= 15 is 0 Å². The van der Waals surface area contributed by atoms with Crippen LogP contribution in [0.4, 0.5) is 29.5 Å². The van der Waals surface area contributed by atoms with Crippen molar-refractivity contribution in [3.05, 3.63) is 54.1 Å². The number of benzene rings is 1. The van der Waals surface area contributed by atoms with Gasteiger partial charge in [-0.2, -0.15) is 28.1 Å². The van der Waals surface area contributed by atoms with E-state index in [0.717, 1.165) is 6.08 Å². The van der Waals surface area contributed by atoms with Crippen molar-refractivity contribution in [3.8, 4) is 11.4 Å². The molecule has 0 amide bonds. The predicted molar refractivity (Wildman–Crippen MR) is 135 cm³/mol. The summed E-state index contributed by atoms with van der Waals surface area (Å²) in [5, 5.41) is 0. The van der Waals surface area contributed by atoms with Crippen molar-refractivity contribution in [1.29, 1.82) is 0 Å². The maximum absolute atomic E-state index is 13.8. The van der Waals surface area contributed by atoms with Gasteiger partial charge in [-0.3, -0.25) is 0 Å². The minimum Gasteiger partial charge on any atom is -0.354 e. The highest BCUT2D eigenvalue weighted by Crippen LogP contribution is 2.25. The molecule has 0 atom stereocenters. The molecule has 11 heteroatoms. The summed E-state index contributed by atoms with van der Waals surface area (Å²) >= 11 is 0. The first-order chi connectivity index (χ1) is 16.9. The van der Waals surface area contributed by atoms with Gasteiger partial charge in [0.05, 0.1) is 6.42 Å². The Balaban J connectivity index is 1.74. The highest BCUT2D eigenvalue weighted by Gasteiger charge is 2.25. The van der Waals surface area contributed by atoms with Crippen molar-refractivity contribution in [2.75, 3.05) is 43.0 Å². The van der Waals surface area contributed by atoms with Crippen molar-refractivity contribution in [1.82, 2.24) is 19.9 Å². The van der Waals surface area contributed by atoms with Crippen LogP contribution < -0.4 is 9.80 Å². The van der Waals surface area contributed by atoms with E-state index in [0.29, 0.717) is 60.8 Å². The average Bonchev–Trinajstić information content (AvgIpc) is 2.84. The van der Waals surface area contributed by atoms with Crippen molar-refractivity contribution in [3.63, 3.8) is 0 Å². The molecule has 36 heavy (non-hydrogen) atoms. The molecule has 2 aromatic rings. The van der Waals surface area contributed by atoms with E-state index in [2.05, 4.69) is 26.5 Å². The van der Waals surface area contributed by atoms with Gasteiger partial charge < -0.3 is 14.7 Å². The number of aromatic nitrogens is 3. The molecule has 3 rings (SSSR count). The predicted octanol–water partition coefficient (Wildman–Crippen LogP) is 5.00. The maximum Gasteiger partial charge on any atom is 0.392 e. The number of nitrogens with zero attached hydrogens (tertiary/aromatic N) is 7. The molecule has 0 saturated carbocycles. The van der Waals surface area contributed by atoms with Crippen LogP contribution in [0.25, 0.3) is 11.4 Å². The first-order valence-electron chi connectivity index (χ1n) is 11.6. The number of allylic oxidation sites excluding steroid dienone is 2. The number of anilines is 2. The van der Waals surface area contributed by atoms with Gasteiger partial charge in [0.1, 0.15) is 11.6 Å². The van der Waals surface area contributed by atoms with Gasteiger partial charge in [-0.1, -0.05) is 12.7 Å². The third-order valence-corrected chi connectivity index (χ3v) is 5.84. The van der Waals surface area contributed by atoms with Crippen molar-refractivity contribution >= 4 is 18.1 Å². The number of piperazine rings is 1. The summed E-state index contributed by atoms with van der Waals surface area (Å²) < 4.78 is 50.5. The van der Waals surface area contributed by atoms with E-state index in [1.54, 1.807) is 19.1 Å². The van der Waals surface area contributed by atoms with E-state index in [9.17, 15) is 17.6 Å². The molecular weight excluding hydrogens is 474 g/mol. The Morgan fingerprint density at radius 3 is 2.47 bits per heavy atom. The lowest BCUT2D eigenvalue weighted by molar-refractivity contribution is -0.124. The normalized spacial score (nSPS) is 14.9. The minimum absolute atomic E-state index is 0.159. The second-order valence-electron chi connectivity index (χ2n) is 8.84. The Kier molecular flexibility index (Phi) is 8.65. The SMILES string of the molecule is C=C(/N=C\C=C/CC(F)(F)F)N1CCN(c2nc(-c3ccc(F)c(C)c3)nc(N(C)C(C)C)n2)CC1. The van der Waals surface area contributed by atoms with Crippen molar-refractivity contribution in [2.45, 2.75) is 39.4 Å². The smallest absolute Gasteiger partial charge is 0.354 e. The molecule has 0 unspecified atom stereocenters. The third-order valence-electron chi connectivity index (χ3n) is 5.84. The summed E-state index contributed by atoms with van der Waals surface area (Å²) in [5.74, 6) is 1.70. The lowest BCUT2D eigenvalue weighted by Gasteiger charge is -2.36. The Hall–Kier alpha value is -3.50. The van der Waals surface area contributed by atoms with Crippen LogP contribution in [0.15, 0.2) is 47.7 Å². The van der Waals surface area contributed by atoms with Crippen LogP contribution in [0, 0.1) is 12.7 Å². The topological polar surface area (TPSA) is 60.8 Å². The van der Waals surface area contributed by atoms with Gasteiger partial charge in [0, 0.05) is 51.0 Å². The molecule has 0 spiro atoms. The fourth-order valence-electron chi connectivity index (χ4n) is 3.43. The van der Waals surface area contributed by atoms with E-state index in [1.807, 2.05) is 35.6 Å². The highest BCUT2D eigenvalue weighted by atomic mass is 19.4. The Labute approximate surface area is 208 Å². The minimum atomic E-state index is -4.23. The van der Waals surface area contributed by atoms with Gasteiger partial charge in [-0.05, 0) is 50.6 Å². The fourth-order valence-corrected chi connectivity index (χ4v) is 3.43. The molecule has 7 nitrogen and oxygen atoms in total.